The number of amides is 1. The van der Waals surface area contributed by atoms with Gasteiger partial charge in [0.15, 0.2) is 5.69 Å². The lowest BCUT2D eigenvalue weighted by Gasteiger charge is -2.08. The van der Waals surface area contributed by atoms with Gasteiger partial charge in [0.1, 0.15) is 0 Å². The van der Waals surface area contributed by atoms with Crippen LogP contribution in [0.25, 0.3) is 5.69 Å². The molecule has 0 aliphatic heterocycles. The molecule has 122 valence electrons. The predicted octanol–water partition coefficient (Wildman–Crippen LogP) is 2.85. The van der Waals surface area contributed by atoms with E-state index in [1.165, 1.54) is 29.1 Å². The zero-order valence-corrected chi connectivity index (χ0v) is 11.7. The van der Waals surface area contributed by atoms with Crippen LogP contribution in [0.3, 0.4) is 0 Å². The summed E-state index contributed by atoms with van der Waals surface area (Å²) in [5.74, 6) is -1.89. The molecule has 9 heteroatoms. The quantitative estimate of drug-likeness (QED) is 0.884. The smallest absolute Gasteiger partial charge is 0.389 e. The molecule has 1 heterocycles. The largest absolute Gasteiger partial charge is 0.476 e. The third-order valence-corrected chi connectivity index (χ3v) is 2.86. The van der Waals surface area contributed by atoms with Gasteiger partial charge in [-0.25, -0.2) is 9.48 Å². The molecule has 0 radical (unpaired) electrons. The Morgan fingerprint density at radius 1 is 1.17 bits per heavy atom. The fraction of sp³-hybridized carbons (Fsp3) is 0.214. The molecule has 0 atom stereocenters. The van der Waals surface area contributed by atoms with Gasteiger partial charge in [-0.3, -0.25) is 4.79 Å². The van der Waals surface area contributed by atoms with E-state index in [-0.39, 0.29) is 5.69 Å². The van der Waals surface area contributed by atoms with E-state index in [0.717, 1.165) is 0 Å². The van der Waals surface area contributed by atoms with Crippen molar-refractivity contribution in [3.05, 3.63) is 42.2 Å². The van der Waals surface area contributed by atoms with Gasteiger partial charge in [-0.2, -0.15) is 18.3 Å². The minimum Gasteiger partial charge on any atom is -0.476 e. The third-order valence-electron chi connectivity index (χ3n) is 2.86. The summed E-state index contributed by atoms with van der Waals surface area (Å²) in [6, 6.07) is 7.41. The highest BCUT2D eigenvalue weighted by Gasteiger charge is 2.27. The molecule has 0 aliphatic rings. The number of carboxylic acid groups (broad SMARTS) is 1. The van der Waals surface area contributed by atoms with Gasteiger partial charge < -0.3 is 10.4 Å². The maximum Gasteiger partial charge on any atom is 0.389 e. The van der Waals surface area contributed by atoms with Gasteiger partial charge in [-0.1, -0.05) is 0 Å². The lowest BCUT2D eigenvalue weighted by Crippen LogP contribution is -2.16. The molecular formula is C14H12F3N3O3. The molecule has 2 rings (SSSR count). The standard InChI is InChI=1S/C14H12F3N3O3/c15-14(16,17)7-5-12(21)18-9-1-3-10(4-2-9)20-8-6-11(19-20)13(22)23/h1-4,6,8H,5,7H2,(H,18,21)(H,22,23). The Morgan fingerprint density at radius 3 is 2.35 bits per heavy atom. The van der Waals surface area contributed by atoms with Crippen molar-refractivity contribution in [3.63, 3.8) is 0 Å². The lowest BCUT2D eigenvalue weighted by atomic mass is 10.2. The predicted molar refractivity (Wildman–Crippen MR) is 74.4 cm³/mol. The summed E-state index contributed by atoms with van der Waals surface area (Å²) in [7, 11) is 0. The number of nitrogens with one attached hydrogen (secondary N) is 1. The SMILES string of the molecule is O=C(CCC(F)(F)F)Nc1ccc(-n2ccc(C(=O)O)n2)cc1. The van der Waals surface area contributed by atoms with Crippen molar-refractivity contribution in [3.8, 4) is 5.69 Å². The van der Waals surface area contributed by atoms with Crippen LogP contribution in [0.5, 0.6) is 0 Å². The Morgan fingerprint density at radius 2 is 1.83 bits per heavy atom. The molecular weight excluding hydrogens is 315 g/mol. The summed E-state index contributed by atoms with van der Waals surface area (Å²) in [6.07, 6.45) is -4.74. The van der Waals surface area contributed by atoms with Gasteiger partial charge in [-0.05, 0) is 30.3 Å². The van der Waals surface area contributed by atoms with E-state index in [2.05, 4.69) is 10.4 Å². The van der Waals surface area contributed by atoms with E-state index in [4.69, 9.17) is 5.11 Å². The van der Waals surface area contributed by atoms with Crippen LogP contribution in [0.2, 0.25) is 0 Å². The Hall–Kier alpha value is -2.84. The minimum atomic E-state index is -4.37. The second kappa shape index (κ2) is 6.51. The van der Waals surface area contributed by atoms with Crippen molar-refractivity contribution in [2.45, 2.75) is 19.0 Å². The van der Waals surface area contributed by atoms with E-state index in [0.29, 0.717) is 11.4 Å². The van der Waals surface area contributed by atoms with Crippen LogP contribution in [-0.2, 0) is 4.79 Å². The van der Waals surface area contributed by atoms with Crippen LogP contribution in [0.15, 0.2) is 36.5 Å². The normalized spacial score (nSPS) is 11.3. The highest BCUT2D eigenvalue weighted by molar-refractivity contribution is 5.90. The number of carbonyl (C=O) groups is 2. The number of benzene rings is 1. The van der Waals surface area contributed by atoms with Crippen molar-refractivity contribution in [2.75, 3.05) is 5.32 Å². The molecule has 0 unspecified atom stereocenters. The number of halogens is 3. The molecule has 0 bridgehead atoms. The molecule has 2 aromatic rings. The van der Waals surface area contributed by atoms with Gasteiger partial charge in [0, 0.05) is 18.3 Å². The topological polar surface area (TPSA) is 84.2 Å². The maximum absolute atomic E-state index is 12.0. The third kappa shape index (κ3) is 4.83. The molecule has 2 N–H and O–H groups in total. The number of carbonyl (C=O) groups excluding carboxylic acids is 1. The van der Waals surface area contributed by atoms with E-state index in [9.17, 15) is 22.8 Å². The number of hydrogen-bond acceptors (Lipinski definition) is 3. The summed E-state index contributed by atoms with van der Waals surface area (Å²) in [5, 5.41) is 15.0. The van der Waals surface area contributed by atoms with Crippen LogP contribution >= 0.6 is 0 Å². The first-order valence-corrected chi connectivity index (χ1v) is 6.50. The van der Waals surface area contributed by atoms with E-state index in [1.54, 1.807) is 12.1 Å². The minimum absolute atomic E-state index is 0.116. The Labute approximate surface area is 128 Å². The van der Waals surface area contributed by atoms with Crippen LogP contribution < -0.4 is 5.32 Å². The number of anilines is 1. The summed E-state index contributed by atoms with van der Waals surface area (Å²) in [4.78, 5) is 22.1. The number of aromatic carboxylic acids is 1. The average molecular weight is 327 g/mol. The maximum atomic E-state index is 12.0. The van der Waals surface area contributed by atoms with E-state index >= 15 is 0 Å². The number of carboxylic acids is 1. The summed E-state index contributed by atoms with van der Waals surface area (Å²) < 4.78 is 37.4. The zero-order valence-electron chi connectivity index (χ0n) is 11.7. The molecule has 0 fully saturated rings. The number of nitrogens with zero attached hydrogens (tertiary/aromatic N) is 2. The molecule has 0 aliphatic carbocycles. The zero-order chi connectivity index (χ0) is 17.0. The number of alkyl halides is 3. The van der Waals surface area contributed by atoms with Gasteiger partial charge in [-0.15, -0.1) is 0 Å². The van der Waals surface area contributed by atoms with Crippen molar-refractivity contribution >= 4 is 17.6 Å². The lowest BCUT2D eigenvalue weighted by molar-refractivity contribution is -0.142. The van der Waals surface area contributed by atoms with Crippen molar-refractivity contribution < 1.29 is 27.9 Å². The van der Waals surface area contributed by atoms with Crippen LogP contribution in [-0.4, -0.2) is 32.9 Å². The first-order valence-electron chi connectivity index (χ1n) is 6.50. The highest BCUT2D eigenvalue weighted by atomic mass is 19.4. The summed E-state index contributed by atoms with van der Waals surface area (Å²) >= 11 is 0. The Bertz CT molecular complexity index is 708. The first-order chi connectivity index (χ1) is 10.7. The van der Waals surface area contributed by atoms with Crippen molar-refractivity contribution in [2.24, 2.45) is 0 Å². The molecule has 23 heavy (non-hydrogen) atoms. The monoisotopic (exact) mass is 327 g/mol. The van der Waals surface area contributed by atoms with Gasteiger partial charge >= 0.3 is 12.1 Å². The molecule has 0 saturated carbocycles. The van der Waals surface area contributed by atoms with E-state index in [1.807, 2.05) is 0 Å². The Balaban J connectivity index is 1.99. The van der Waals surface area contributed by atoms with E-state index < -0.39 is 30.9 Å². The average Bonchev–Trinajstić information content (AvgIpc) is 2.95. The second-order valence-electron chi connectivity index (χ2n) is 4.66. The van der Waals surface area contributed by atoms with Crippen molar-refractivity contribution in [1.82, 2.24) is 9.78 Å². The van der Waals surface area contributed by atoms with Gasteiger partial charge in [0.05, 0.1) is 12.1 Å². The molecule has 6 nitrogen and oxygen atoms in total. The first kappa shape index (κ1) is 16.5. The van der Waals surface area contributed by atoms with Crippen molar-refractivity contribution in [1.29, 1.82) is 0 Å². The highest BCUT2D eigenvalue weighted by Crippen LogP contribution is 2.22. The fourth-order valence-electron chi connectivity index (χ4n) is 1.76. The molecule has 0 spiro atoms. The van der Waals surface area contributed by atoms with Crippen LogP contribution in [0.1, 0.15) is 23.3 Å². The van der Waals surface area contributed by atoms with Crippen LogP contribution in [0, 0.1) is 0 Å². The number of hydrogen-bond donors (Lipinski definition) is 2. The summed E-state index contributed by atoms with van der Waals surface area (Å²) in [5.41, 5.74) is 0.770. The van der Waals surface area contributed by atoms with Crippen LogP contribution in [0.4, 0.5) is 18.9 Å². The number of aromatic nitrogens is 2. The van der Waals surface area contributed by atoms with Gasteiger partial charge in [0.25, 0.3) is 0 Å². The molecule has 0 saturated heterocycles. The molecule has 1 amide bonds. The Kier molecular flexibility index (Phi) is 4.68. The number of rotatable bonds is 5. The summed E-state index contributed by atoms with van der Waals surface area (Å²) in [6.45, 7) is 0. The van der Waals surface area contributed by atoms with Gasteiger partial charge in [0.2, 0.25) is 5.91 Å². The second-order valence-corrected chi connectivity index (χ2v) is 4.66. The molecule has 1 aromatic heterocycles. The molecule has 1 aromatic carbocycles. The fourth-order valence-corrected chi connectivity index (χ4v) is 1.76.